The average molecular weight is 184 g/mol. The van der Waals surface area contributed by atoms with E-state index in [1.54, 1.807) is 19.9 Å². The van der Waals surface area contributed by atoms with Crippen LogP contribution in [-0.4, -0.2) is 18.4 Å². The SMILES string of the molecule is C=CC(C)C(C(C)=O)C(=O)OCC. The molecule has 0 aliphatic heterocycles. The second kappa shape index (κ2) is 5.51. The van der Waals surface area contributed by atoms with Gasteiger partial charge in [-0.05, 0) is 19.8 Å². The first kappa shape index (κ1) is 11.9. The maximum atomic E-state index is 11.3. The lowest BCUT2D eigenvalue weighted by Crippen LogP contribution is -2.29. The number of ketones is 1. The first-order valence-corrected chi connectivity index (χ1v) is 4.34. The average Bonchev–Trinajstić information content (AvgIpc) is 2.04. The Morgan fingerprint density at radius 1 is 1.54 bits per heavy atom. The highest BCUT2D eigenvalue weighted by molar-refractivity contribution is 5.98. The van der Waals surface area contributed by atoms with Gasteiger partial charge in [-0.15, -0.1) is 6.58 Å². The van der Waals surface area contributed by atoms with Crippen LogP contribution in [0.25, 0.3) is 0 Å². The molecule has 0 rings (SSSR count). The van der Waals surface area contributed by atoms with Crippen LogP contribution in [0, 0.1) is 11.8 Å². The van der Waals surface area contributed by atoms with Crippen LogP contribution in [0.15, 0.2) is 12.7 Å². The van der Waals surface area contributed by atoms with Gasteiger partial charge in [-0.1, -0.05) is 13.0 Å². The Balaban J connectivity index is 4.50. The van der Waals surface area contributed by atoms with Crippen LogP contribution in [0.1, 0.15) is 20.8 Å². The third-order valence-electron chi connectivity index (χ3n) is 1.88. The predicted molar refractivity (Wildman–Crippen MR) is 50.2 cm³/mol. The molecule has 0 saturated carbocycles. The van der Waals surface area contributed by atoms with E-state index in [-0.39, 0.29) is 11.7 Å². The van der Waals surface area contributed by atoms with Crippen molar-refractivity contribution >= 4 is 11.8 Å². The molecule has 0 fully saturated rings. The summed E-state index contributed by atoms with van der Waals surface area (Å²) >= 11 is 0. The normalized spacial score (nSPS) is 14.4. The molecule has 0 radical (unpaired) electrons. The fraction of sp³-hybridized carbons (Fsp3) is 0.600. The van der Waals surface area contributed by atoms with Gasteiger partial charge in [0.2, 0.25) is 0 Å². The van der Waals surface area contributed by atoms with Gasteiger partial charge in [-0.2, -0.15) is 0 Å². The van der Waals surface area contributed by atoms with Crippen molar-refractivity contribution in [2.45, 2.75) is 20.8 Å². The molecule has 2 unspecified atom stereocenters. The molecule has 0 bridgehead atoms. The highest BCUT2D eigenvalue weighted by Gasteiger charge is 2.28. The van der Waals surface area contributed by atoms with Crippen molar-refractivity contribution in [3.8, 4) is 0 Å². The van der Waals surface area contributed by atoms with E-state index in [0.717, 1.165) is 0 Å². The van der Waals surface area contributed by atoms with E-state index >= 15 is 0 Å². The lowest BCUT2D eigenvalue weighted by molar-refractivity contribution is -0.152. The minimum atomic E-state index is -0.697. The highest BCUT2D eigenvalue weighted by Crippen LogP contribution is 2.15. The predicted octanol–water partition coefficient (Wildman–Crippen LogP) is 1.58. The zero-order chi connectivity index (χ0) is 10.4. The molecule has 0 aromatic carbocycles. The Morgan fingerprint density at radius 3 is 2.38 bits per heavy atom. The van der Waals surface area contributed by atoms with Crippen molar-refractivity contribution in [2.24, 2.45) is 11.8 Å². The Kier molecular flexibility index (Phi) is 5.04. The molecule has 0 amide bonds. The van der Waals surface area contributed by atoms with E-state index in [1.807, 2.05) is 0 Å². The minimum absolute atomic E-state index is 0.170. The van der Waals surface area contributed by atoms with E-state index in [0.29, 0.717) is 6.61 Å². The van der Waals surface area contributed by atoms with Crippen LogP contribution in [-0.2, 0) is 14.3 Å². The number of carbonyl (C=O) groups is 2. The van der Waals surface area contributed by atoms with Crippen molar-refractivity contribution in [1.82, 2.24) is 0 Å². The van der Waals surface area contributed by atoms with Crippen LogP contribution < -0.4 is 0 Å². The summed E-state index contributed by atoms with van der Waals surface area (Å²) in [7, 11) is 0. The second-order valence-electron chi connectivity index (χ2n) is 2.94. The summed E-state index contributed by atoms with van der Waals surface area (Å²) in [5.74, 6) is -1.50. The van der Waals surface area contributed by atoms with Crippen LogP contribution in [0.3, 0.4) is 0 Å². The van der Waals surface area contributed by atoms with E-state index in [2.05, 4.69) is 6.58 Å². The minimum Gasteiger partial charge on any atom is -0.465 e. The maximum Gasteiger partial charge on any atom is 0.317 e. The Morgan fingerprint density at radius 2 is 2.08 bits per heavy atom. The van der Waals surface area contributed by atoms with Crippen LogP contribution in [0.2, 0.25) is 0 Å². The van der Waals surface area contributed by atoms with Crippen molar-refractivity contribution in [1.29, 1.82) is 0 Å². The third kappa shape index (κ3) is 3.40. The molecule has 0 aromatic heterocycles. The topological polar surface area (TPSA) is 43.4 Å². The monoisotopic (exact) mass is 184 g/mol. The van der Waals surface area contributed by atoms with Gasteiger partial charge in [0.05, 0.1) is 6.61 Å². The number of hydrogen-bond donors (Lipinski definition) is 0. The first-order valence-electron chi connectivity index (χ1n) is 4.34. The van der Waals surface area contributed by atoms with E-state index in [9.17, 15) is 9.59 Å². The number of hydrogen-bond acceptors (Lipinski definition) is 3. The summed E-state index contributed by atoms with van der Waals surface area (Å²) in [6.45, 7) is 8.72. The van der Waals surface area contributed by atoms with E-state index < -0.39 is 11.9 Å². The van der Waals surface area contributed by atoms with Gasteiger partial charge in [0.1, 0.15) is 11.7 Å². The van der Waals surface area contributed by atoms with Gasteiger partial charge in [0.25, 0.3) is 0 Å². The molecule has 3 heteroatoms. The molecule has 13 heavy (non-hydrogen) atoms. The molecule has 2 atom stereocenters. The number of rotatable bonds is 5. The van der Waals surface area contributed by atoms with Gasteiger partial charge < -0.3 is 4.74 Å². The largest absolute Gasteiger partial charge is 0.465 e. The number of esters is 1. The van der Waals surface area contributed by atoms with Crippen molar-refractivity contribution in [3.05, 3.63) is 12.7 Å². The Bertz CT molecular complexity index is 208. The van der Waals surface area contributed by atoms with Crippen molar-refractivity contribution in [3.63, 3.8) is 0 Å². The highest BCUT2D eigenvalue weighted by atomic mass is 16.5. The molecule has 74 valence electrons. The van der Waals surface area contributed by atoms with Gasteiger partial charge in [-0.25, -0.2) is 0 Å². The number of Topliss-reactive ketones (excluding diaryl/α,β-unsaturated/α-hetero) is 1. The molecule has 0 heterocycles. The van der Waals surface area contributed by atoms with E-state index in [1.165, 1.54) is 6.92 Å². The number of ether oxygens (including phenoxy) is 1. The molecular formula is C10H16O3. The zero-order valence-electron chi connectivity index (χ0n) is 8.37. The summed E-state index contributed by atoms with van der Waals surface area (Å²) in [4.78, 5) is 22.4. The molecule has 0 aromatic rings. The van der Waals surface area contributed by atoms with Gasteiger partial charge in [0.15, 0.2) is 0 Å². The molecular weight excluding hydrogens is 168 g/mol. The fourth-order valence-corrected chi connectivity index (χ4v) is 1.12. The molecule has 0 aliphatic rings. The summed E-state index contributed by atoms with van der Waals surface area (Å²) in [5.41, 5.74) is 0. The first-order chi connectivity index (χ1) is 6.04. The van der Waals surface area contributed by atoms with Crippen LogP contribution in [0.4, 0.5) is 0 Å². The smallest absolute Gasteiger partial charge is 0.317 e. The Hall–Kier alpha value is -1.12. The fourth-order valence-electron chi connectivity index (χ4n) is 1.12. The number of allylic oxidation sites excluding steroid dienone is 1. The third-order valence-corrected chi connectivity index (χ3v) is 1.88. The maximum absolute atomic E-state index is 11.3. The zero-order valence-corrected chi connectivity index (χ0v) is 8.37. The second-order valence-corrected chi connectivity index (χ2v) is 2.94. The summed E-state index contributed by atoms with van der Waals surface area (Å²) < 4.78 is 4.78. The summed E-state index contributed by atoms with van der Waals surface area (Å²) in [6, 6.07) is 0. The summed E-state index contributed by atoms with van der Waals surface area (Å²) in [5, 5.41) is 0. The van der Waals surface area contributed by atoms with Gasteiger partial charge in [-0.3, -0.25) is 9.59 Å². The van der Waals surface area contributed by atoms with Gasteiger partial charge in [0, 0.05) is 0 Å². The van der Waals surface area contributed by atoms with Crippen molar-refractivity contribution < 1.29 is 14.3 Å². The van der Waals surface area contributed by atoms with Crippen LogP contribution in [0.5, 0.6) is 0 Å². The van der Waals surface area contributed by atoms with Crippen LogP contribution >= 0.6 is 0 Å². The summed E-state index contributed by atoms with van der Waals surface area (Å²) in [6.07, 6.45) is 1.59. The van der Waals surface area contributed by atoms with E-state index in [4.69, 9.17) is 4.74 Å². The molecule has 0 N–H and O–H groups in total. The molecule has 0 aliphatic carbocycles. The number of carbonyl (C=O) groups excluding carboxylic acids is 2. The van der Waals surface area contributed by atoms with Crippen molar-refractivity contribution in [2.75, 3.05) is 6.61 Å². The lowest BCUT2D eigenvalue weighted by atomic mass is 9.91. The molecule has 0 spiro atoms. The molecule has 3 nitrogen and oxygen atoms in total. The van der Waals surface area contributed by atoms with Gasteiger partial charge >= 0.3 is 5.97 Å². The quantitative estimate of drug-likeness (QED) is 0.370. The standard InChI is InChI=1S/C10H16O3/c1-5-7(3)9(8(4)11)10(12)13-6-2/h5,7,9H,1,6H2,2-4H3. The Labute approximate surface area is 78.8 Å². The molecule has 0 saturated heterocycles. The lowest BCUT2D eigenvalue weighted by Gasteiger charge is -2.16.